The Hall–Kier alpha value is -1.09. The Morgan fingerprint density at radius 3 is 2.65 bits per heavy atom. The zero-order valence-electron chi connectivity index (χ0n) is 12.1. The highest BCUT2D eigenvalue weighted by Crippen LogP contribution is 2.69. The van der Waals surface area contributed by atoms with Crippen molar-refractivity contribution in [3.63, 3.8) is 0 Å². The van der Waals surface area contributed by atoms with E-state index in [-0.39, 0.29) is 29.1 Å². The number of carbonyl (C=O) groups excluding carboxylic acids is 1. The molecule has 5 nitrogen and oxygen atoms in total. The maximum atomic E-state index is 12.8. The molecular formula is C15H22N2O3. The minimum absolute atomic E-state index is 0.187. The van der Waals surface area contributed by atoms with Gasteiger partial charge in [0.2, 0.25) is 5.91 Å². The normalized spacial score (nSPS) is 42.5. The van der Waals surface area contributed by atoms with Gasteiger partial charge in [-0.3, -0.25) is 4.79 Å². The van der Waals surface area contributed by atoms with E-state index in [4.69, 9.17) is 15.2 Å². The first-order valence-corrected chi connectivity index (χ1v) is 7.18. The van der Waals surface area contributed by atoms with Crippen LogP contribution >= 0.6 is 0 Å². The predicted octanol–water partition coefficient (Wildman–Crippen LogP) is 0.134. The lowest BCUT2D eigenvalue weighted by Gasteiger charge is -2.38. The SMILES string of the molecule is CO[C@H]1C#CCCN(C(=O)C23CC[C@]2(N)C3)C[C@@H]1OC. The van der Waals surface area contributed by atoms with Crippen molar-refractivity contribution in [3.8, 4) is 11.8 Å². The largest absolute Gasteiger partial charge is 0.376 e. The molecule has 2 aliphatic carbocycles. The molecule has 0 spiro atoms. The summed E-state index contributed by atoms with van der Waals surface area (Å²) < 4.78 is 10.8. The molecule has 0 aromatic rings. The van der Waals surface area contributed by atoms with Crippen LogP contribution in [0, 0.1) is 17.3 Å². The van der Waals surface area contributed by atoms with E-state index in [1.807, 2.05) is 4.90 Å². The number of amides is 1. The van der Waals surface area contributed by atoms with Crippen LogP contribution in [0.2, 0.25) is 0 Å². The standard InChI is InChI=1S/C15H22N2O3/c1-19-11-5-3-4-8-17(9-12(11)20-2)13(18)14-6-7-15(14,16)10-14/h11-12H,4,6-10,16H2,1-2H3/t11-,12-,14?,15-/m0/s1. The molecule has 2 fully saturated rings. The van der Waals surface area contributed by atoms with Gasteiger partial charge in [-0.05, 0) is 19.3 Å². The maximum Gasteiger partial charge on any atom is 0.230 e. The van der Waals surface area contributed by atoms with Gasteiger partial charge in [0, 0.05) is 32.7 Å². The van der Waals surface area contributed by atoms with Gasteiger partial charge in [0.15, 0.2) is 0 Å². The van der Waals surface area contributed by atoms with Crippen LogP contribution in [0.15, 0.2) is 0 Å². The van der Waals surface area contributed by atoms with Crippen molar-refractivity contribution < 1.29 is 14.3 Å². The number of carbonyl (C=O) groups is 1. The molecule has 1 aliphatic heterocycles. The average molecular weight is 278 g/mol. The first-order chi connectivity index (χ1) is 9.56. The molecule has 110 valence electrons. The van der Waals surface area contributed by atoms with E-state index in [0.29, 0.717) is 19.5 Å². The van der Waals surface area contributed by atoms with Crippen LogP contribution in [-0.2, 0) is 14.3 Å². The smallest absolute Gasteiger partial charge is 0.230 e. The summed E-state index contributed by atoms with van der Waals surface area (Å²) >= 11 is 0. The van der Waals surface area contributed by atoms with Gasteiger partial charge in [-0.15, -0.1) is 0 Å². The second-order valence-electron chi connectivity index (χ2n) is 6.17. The lowest BCUT2D eigenvalue weighted by atomic mass is 9.79. The van der Waals surface area contributed by atoms with Gasteiger partial charge in [0.1, 0.15) is 12.2 Å². The fourth-order valence-electron chi connectivity index (χ4n) is 3.57. The fourth-order valence-corrected chi connectivity index (χ4v) is 3.57. The van der Waals surface area contributed by atoms with Gasteiger partial charge in [-0.1, -0.05) is 11.8 Å². The lowest BCUT2D eigenvalue weighted by molar-refractivity contribution is -0.143. The van der Waals surface area contributed by atoms with Crippen molar-refractivity contribution in [1.82, 2.24) is 4.90 Å². The highest BCUT2D eigenvalue weighted by atomic mass is 16.5. The van der Waals surface area contributed by atoms with E-state index in [1.54, 1.807) is 14.2 Å². The molecule has 20 heavy (non-hydrogen) atoms. The van der Waals surface area contributed by atoms with Crippen molar-refractivity contribution in [3.05, 3.63) is 0 Å². The Labute approximate surface area is 119 Å². The molecule has 3 aliphatic rings. The highest BCUT2D eigenvalue weighted by Gasteiger charge is 2.76. The Morgan fingerprint density at radius 2 is 2.15 bits per heavy atom. The molecule has 0 saturated heterocycles. The van der Waals surface area contributed by atoms with Gasteiger partial charge in [0.05, 0.1) is 12.0 Å². The van der Waals surface area contributed by atoms with Crippen LogP contribution in [0.25, 0.3) is 0 Å². The summed E-state index contributed by atoms with van der Waals surface area (Å²) in [5.74, 6) is 6.31. The quantitative estimate of drug-likeness (QED) is 0.746. The number of hydrogen-bond donors (Lipinski definition) is 1. The van der Waals surface area contributed by atoms with Gasteiger partial charge in [-0.2, -0.15) is 0 Å². The van der Waals surface area contributed by atoms with Crippen LogP contribution in [0.5, 0.6) is 0 Å². The molecule has 0 aromatic carbocycles. The van der Waals surface area contributed by atoms with Gasteiger partial charge >= 0.3 is 0 Å². The summed E-state index contributed by atoms with van der Waals surface area (Å²) in [6.45, 7) is 1.18. The van der Waals surface area contributed by atoms with E-state index in [0.717, 1.165) is 19.3 Å². The first-order valence-electron chi connectivity index (χ1n) is 7.18. The molecule has 5 heteroatoms. The lowest BCUT2D eigenvalue weighted by Crippen LogP contribution is -2.53. The molecule has 0 aromatic heterocycles. The van der Waals surface area contributed by atoms with Crippen LogP contribution in [0.3, 0.4) is 0 Å². The van der Waals surface area contributed by atoms with E-state index >= 15 is 0 Å². The molecule has 0 bridgehead atoms. The van der Waals surface area contributed by atoms with E-state index in [9.17, 15) is 4.79 Å². The average Bonchev–Trinajstić information content (AvgIpc) is 2.85. The molecule has 1 heterocycles. The molecule has 0 radical (unpaired) electrons. The molecular weight excluding hydrogens is 256 g/mol. The van der Waals surface area contributed by atoms with Crippen LogP contribution in [-0.4, -0.2) is 55.9 Å². The third-order valence-corrected chi connectivity index (χ3v) is 5.19. The number of nitrogens with two attached hydrogens (primary N) is 1. The van der Waals surface area contributed by atoms with Gasteiger partial charge < -0.3 is 20.1 Å². The molecule has 1 amide bonds. The van der Waals surface area contributed by atoms with Crippen molar-refractivity contribution in [1.29, 1.82) is 0 Å². The second kappa shape index (κ2) is 4.73. The van der Waals surface area contributed by atoms with E-state index in [2.05, 4.69) is 11.8 Å². The number of hydrogen-bond acceptors (Lipinski definition) is 4. The zero-order chi connectivity index (χ0) is 14.4. The summed E-state index contributed by atoms with van der Waals surface area (Å²) in [5, 5.41) is 0. The van der Waals surface area contributed by atoms with Crippen molar-refractivity contribution in [2.45, 2.75) is 43.4 Å². The van der Waals surface area contributed by atoms with Crippen molar-refractivity contribution in [2.24, 2.45) is 11.1 Å². The molecule has 2 saturated carbocycles. The maximum absolute atomic E-state index is 12.8. The number of rotatable bonds is 3. The Kier molecular flexibility index (Phi) is 3.28. The summed E-state index contributed by atoms with van der Waals surface area (Å²) in [5.41, 5.74) is 5.70. The summed E-state index contributed by atoms with van der Waals surface area (Å²) in [6.07, 6.45) is 2.93. The van der Waals surface area contributed by atoms with Gasteiger partial charge in [-0.25, -0.2) is 0 Å². The highest BCUT2D eigenvalue weighted by molar-refractivity contribution is 5.90. The summed E-state index contributed by atoms with van der Waals surface area (Å²) in [6, 6.07) is 0. The Bertz CT molecular complexity index is 483. The summed E-state index contributed by atoms with van der Waals surface area (Å²) in [4.78, 5) is 14.6. The number of fused-ring (bicyclic) bond motifs is 1. The van der Waals surface area contributed by atoms with Crippen molar-refractivity contribution in [2.75, 3.05) is 27.3 Å². The monoisotopic (exact) mass is 278 g/mol. The summed E-state index contributed by atoms with van der Waals surface area (Å²) in [7, 11) is 3.25. The van der Waals surface area contributed by atoms with Crippen LogP contribution in [0.1, 0.15) is 25.7 Å². The minimum atomic E-state index is -0.281. The molecule has 3 rings (SSSR count). The topological polar surface area (TPSA) is 64.8 Å². The number of nitrogens with zero attached hydrogens (tertiary/aromatic N) is 1. The van der Waals surface area contributed by atoms with Gasteiger partial charge in [0.25, 0.3) is 0 Å². The number of methoxy groups -OCH3 is 2. The third-order valence-electron chi connectivity index (χ3n) is 5.19. The van der Waals surface area contributed by atoms with Crippen LogP contribution < -0.4 is 5.73 Å². The molecule has 2 N–H and O–H groups in total. The Balaban J connectivity index is 1.74. The fraction of sp³-hybridized carbons (Fsp3) is 0.800. The third kappa shape index (κ3) is 1.86. The molecule has 1 unspecified atom stereocenters. The van der Waals surface area contributed by atoms with E-state index in [1.165, 1.54) is 0 Å². The Morgan fingerprint density at radius 1 is 1.35 bits per heavy atom. The minimum Gasteiger partial charge on any atom is -0.376 e. The van der Waals surface area contributed by atoms with E-state index < -0.39 is 0 Å². The number of ether oxygens (including phenoxy) is 2. The van der Waals surface area contributed by atoms with Crippen molar-refractivity contribution >= 4 is 5.91 Å². The van der Waals surface area contributed by atoms with Crippen LogP contribution in [0.4, 0.5) is 0 Å². The molecule has 4 atom stereocenters. The predicted molar refractivity (Wildman–Crippen MR) is 73.8 cm³/mol. The zero-order valence-corrected chi connectivity index (χ0v) is 12.1. The second-order valence-corrected chi connectivity index (χ2v) is 6.17. The first kappa shape index (κ1) is 13.9.